The van der Waals surface area contributed by atoms with Crippen molar-refractivity contribution < 1.29 is 0 Å². The van der Waals surface area contributed by atoms with E-state index in [-0.39, 0.29) is 5.54 Å². The highest BCUT2D eigenvalue weighted by molar-refractivity contribution is 5.59. The van der Waals surface area contributed by atoms with Crippen LogP contribution in [0.1, 0.15) is 32.3 Å². The van der Waals surface area contributed by atoms with Crippen LogP contribution in [-0.4, -0.2) is 16.1 Å². The van der Waals surface area contributed by atoms with Gasteiger partial charge in [-0.3, -0.25) is 0 Å². The van der Waals surface area contributed by atoms with Gasteiger partial charge < -0.3 is 10.3 Å². The molecule has 0 atom stereocenters. The quantitative estimate of drug-likeness (QED) is 0.893. The molecule has 0 saturated heterocycles. The molecule has 2 N–H and O–H groups in total. The van der Waals surface area contributed by atoms with Crippen LogP contribution in [0.15, 0.2) is 36.8 Å². The van der Waals surface area contributed by atoms with Gasteiger partial charge in [-0.25, -0.2) is 4.98 Å². The summed E-state index contributed by atoms with van der Waals surface area (Å²) < 4.78 is 2.25. The van der Waals surface area contributed by atoms with Gasteiger partial charge in [0.25, 0.3) is 0 Å². The lowest BCUT2D eigenvalue weighted by atomic mass is 9.92. The molecule has 3 nitrogen and oxygen atoms in total. The molecule has 2 rings (SSSR count). The Morgan fingerprint density at radius 3 is 2.32 bits per heavy atom. The number of nitrogens with zero attached hydrogens (tertiary/aromatic N) is 2. The van der Waals surface area contributed by atoms with E-state index < -0.39 is 0 Å². The van der Waals surface area contributed by atoms with Crippen LogP contribution in [0, 0.1) is 6.92 Å². The molecule has 0 radical (unpaired) electrons. The molecule has 19 heavy (non-hydrogen) atoms. The zero-order valence-corrected chi connectivity index (χ0v) is 12.1. The SMILES string of the molecule is CCC(CC)(CN)n1cncc1-c1ccc(C)cc1. The fourth-order valence-corrected chi connectivity index (χ4v) is 2.59. The van der Waals surface area contributed by atoms with Crippen molar-refractivity contribution in [2.24, 2.45) is 5.73 Å². The van der Waals surface area contributed by atoms with E-state index in [9.17, 15) is 0 Å². The minimum Gasteiger partial charge on any atom is -0.328 e. The molecule has 0 spiro atoms. The summed E-state index contributed by atoms with van der Waals surface area (Å²) >= 11 is 0. The van der Waals surface area contributed by atoms with E-state index in [1.54, 1.807) is 0 Å². The van der Waals surface area contributed by atoms with Crippen LogP contribution in [0.25, 0.3) is 11.3 Å². The van der Waals surface area contributed by atoms with Crippen LogP contribution in [0.4, 0.5) is 0 Å². The summed E-state index contributed by atoms with van der Waals surface area (Å²) in [4.78, 5) is 4.34. The molecule has 3 heteroatoms. The van der Waals surface area contributed by atoms with Gasteiger partial charge >= 0.3 is 0 Å². The van der Waals surface area contributed by atoms with Gasteiger partial charge in [0, 0.05) is 6.54 Å². The summed E-state index contributed by atoms with van der Waals surface area (Å²) in [7, 11) is 0. The van der Waals surface area contributed by atoms with Crippen molar-refractivity contribution in [1.82, 2.24) is 9.55 Å². The molecule has 0 aliphatic rings. The van der Waals surface area contributed by atoms with Crippen LogP contribution < -0.4 is 5.73 Å². The molecule has 2 aromatic rings. The highest BCUT2D eigenvalue weighted by atomic mass is 15.1. The molecule has 0 aliphatic heterocycles. The molecule has 0 aliphatic carbocycles. The van der Waals surface area contributed by atoms with Crippen LogP contribution in [-0.2, 0) is 5.54 Å². The highest BCUT2D eigenvalue weighted by Crippen LogP contribution is 2.30. The van der Waals surface area contributed by atoms with E-state index in [0.717, 1.165) is 18.5 Å². The third-order valence-corrected chi connectivity index (χ3v) is 4.19. The van der Waals surface area contributed by atoms with Crippen molar-refractivity contribution in [3.63, 3.8) is 0 Å². The highest BCUT2D eigenvalue weighted by Gasteiger charge is 2.28. The molecule has 0 fully saturated rings. The largest absolute Gasteiger partial charge is 0.328 e. The van der Waals surface area contributed by atoms with E-state index in [2.05, 4.69) is 54.6 Å². The topological polar surface area (TPSA) is 43.8 Å². The van der Waals surface area contributed by atoms with Crippen molar-refractivity contribution in [2.75, 3.05) is 6.54 Å². The standard InChI is InChI=1S/C16H23N3/c1-4-16(5-2,11-17)19-12-18-10-15(19)14-8-6-13(3)7-9-14/h6-10,12H,4-5,11,17H2,1-3H3. The predicted octanol–water partition coefficient (Wildman–Crippen LogP) is 3.33. The Bertz CT molecular complexity index is 513. The van der Waals surface area contributed by atoms with Gasteiger partial charge in [-0.15, -0.1) is 0 Å². The average molecular weight is 257 g/mol. The Hall–Kier alpha value is -1.61. The van der Waals surface area contributed by atoms with Crippen LogP contribution in [0.3, 0.4) is 0 Å². The molecule has 0 bridgehead atoms. The Morgan fingerprint density at radius 1 is 1.16 bits per heavy atom. The number of aryl methyl sites for hydroxylation is 1. The van der Waals surface area contributed by atoms with E-state index in [0.29, 0.717) is 6.54 Å². The van der Waals surface area contributed by atoms with Crippen molar-refractivity contribution in [3.05, 3.63) is 42.4 Å². The smallest absolute Gasteiger partial charge is 0.0956 e. The zero-order chi connectivity index (χ0) is 13.9. The number of imidazole rings is 1. The van der Waals surface area contributed by atoms with Crippen LogP contribution >= 0.6 is 0 Å². The summed E-state index contributed by atoms with van der Waals surface area (Å²) in [5.41, 5.74) is 9.63. The second-order valence-electron chi connectivity index (χ2n) is 5.15. The first-order valence-electron chi connectivity index (χ1n) is 6.96. The van der Waals surface area contributed by atoms with Crippen molar-refractivity contribution in [2.45, 2.75) is 39.2 Å². The maximum absolute atomic E-state index is 6.04. The van der Waals surface area contributed by atoms with Gasteiger partial charge in [-0.1, -0.05) is 43.7 Å². The second-order valence-corrected chi connectivity index (χ2v) is 5.15. The summed E-state index contributed by atoms with van der Waals surface area (Å²) in [5.74, 6) is 0. The van der Waals surface area contributed by atoms with Gasteiger partial charge in [0.1, 0.15) is 0 Å². The van der Waals surface area contributed by atoms with Gasteiger partial charge in [0.05, 0.1) is 23.8 Å². The zero-order valence-electron chi connectivity index (χ0n) is 12.1. The van der Waals surface area contributed by atoms with Gasteiger partial charge in [-0.05, 0) is 25.3 Å². The lowest BCUT2D eigenvalue weighted by Crippen LogP contribution is -2.40. The van der Waals surface area contributed by atoms with Crippen molar-refractivity contribution >= 4 is 0 Å². The lowest BCUT2D eigenvalue weighted by molar-refractivity contribution is 0.274. The predicted molar refractivity (Wildman–Crippen MR) is 80.0 cm³/mol. The molecule has 1 heterocycles. The van der Waals surface area contributed by atoms with Crippen molar-refractivity contribution in [1.29, 1.82) is 0 Å². The molecular formula is C16H23N3. The van der Waals surface area contributed by atoms with Gasteiger partial charge in [0.2, 0.25) is 0 Å². The second kappa shape index (κ2) is 5.57. The molecule has 0 saturated carbocycles. The first kappa shape index (κ1) is 13.8. The monoisotopic (exact) mass is 257 g/mol. The number of hydrogen-bond donors (Lipinski definition) is 1. The van der Waals surface area contributed by atoms with Crippen molar-refractivity contribution in [3.8, 4) is 11.3 Å². The first-order chi connectivity index (χ1) is 9.16. The first-order valence-corrected chi connectivity index (χ1v) is 6.96. The minimum absolute atomic E-state index is 0.0310. The Balaban J connectivity index is 2.50. The molecule has 1 aromatic carbocycles. The molecule has 102 valence electrons. The molecular weight excluding hydrogens is 234 g/mol. The molecule has 0 unspecified atom stereocenters. The number of hydrogen-bond acceptors (Lipinski definition) is 2. The number of benzene rings is 1. The van der Waals surface area contributed by atoms with Gasteiger partial charge in [-0.2, -0.15) is 0 Å². The average Bonchev–Trinajstić information content (AvgIpc) is 2.92. The van der Waals surface area contributed by atoms with E-state index in [4.69, 9.17) is 5.73 Å². The third kappa shape index (κ3) is 2.43. The fourth-order valence-electron chi connectivity index (χ4n) is 2.59. The summed E-state index contributed by atoms with van der Waals surface area (Å²) in [6, 6.07) is 8.56. The van der Waals surface area contributed by atoms with E-state index in [1.165, 1.54) is 11.1 Å². The summed E-state index contributed by atoms with van der Waals surface area (Å²) in [6.45, 7) is 7.11. The normalized spacial score (nSPS) is 11.8. The Kier molecular flexibility index (Phi) is 4.05. The number of aromatic nitrogens is 2. The summed E-state index contributed by atoms with van der Waals surface area (Å²) in [5, 5.41) is 0. The fraction of sp³-hybridized carbons (Fsp3) is 0.438. The maximum atomic E-state index is 6.04. The number of nitrogens with two attached hydrogens (primary N) is 1. The van der Waals surface area contributed by atoms with Crippen LogP contribution in [0.5, 0.6) is 0 Å². The van der Waals surface area contributed by atoms with Crippen LogP contribution in [0.2, 0.25) is 0 Å². The van der Waals surface area contributed by atoms with Gasteiger partial charge in [0.15, 0.2) is 0 Å². The van der Waals surface area contributed by atoms with E-state index >= 15 is 0 Å². The Morgan fingerprint density at radius 2 is 1.79 bits per heavy atom. The van der Waals surface area contributed by atoms with E-state index in [1.807, 2.05) is 12.5 Å². The maximum Gasteiger partial charge on any atom is 0.0956 e. The lowest BCUT2D eigenvalue weighted by Gasteiger charge is -2.33. The summed E-state index contributed by atoms with van der Waals surface area (Å²) in [6.07, 6.45) is 5.86. The Labute approximate surface area is 115 Å². The molecule has 1 aromatic heterocycles. The number of rotatable bonds is 5. The molecule has 0 amide bonds. The third-order valence-electron chi connectivity index (χ3n) is 4.19. The minimum atomic E-state index is -0.0310.